The number of benzene rings is 1. The minimum Gasteiger partial charge on any atom is -0.458 e. The number of ketones is 1. The minimum absolute atomic E-state index is 0.000734. The van der Waals surface area contributed by atoms with Crippen molar-refractivity contribution in [3.8, 4) is 11.3 Å². The Morgan fingerprint density at radius 2 is 1.84 bits per heavy atom. The first-order chi connectivity index (χ1) is 27.1. The number of methoxy groups -OCH3 is 1. The highest BCUT2D eigenvalue weighted by Crippen LogP contribution is 2.36. The average molecular weight is 800 g/mol. The number of aryl methyl sites for hydroxylation is 1. The summed E-state index contributed by atoms with van der Waals surface area (Å²) in [4.78, 5) is 43.4. The van der Waals surface area contributed by atoms with Gasteiger partial charge >= 0.3 is 12.1 Å². The zero-order valence-corrected chi connectivity index (χ0v) is 35.1. The van der Waals surface area contributed by atoms with Crippen LogP contribution in [0, 0.1) is 17.8 Å². The van der Waals surface area contributed by atoms with Crippen LogP contribution in [0.2, 0.25) is 0 Å². The first-order valence-corrected chi connectivity index (χ1v) is 20.5. The number of Topliss-reactive ketones (excluding diaryl/α,β-unsaturated/α-hetero) is 1. The SMILES string of the molecule is CC[C@H]1OC(=O)[C@H](C)C(=O)[C@H](C)[C@@H](O[C@@H]2OC(C)CC(NC)C2O)[C@](C)(OC)C[C@@H](C)CN[C@H](C)[C@@H]2[C@@H]1OC(=O)N2CCCCn1cc(-c2cccc(N)c2)nn1. The third-order valence-electron chi connectivity index (χ3n) is 12.1. The number of nitrogens with zero attached hydrogens (tertiary/aromatic N) is 4. The Bertz CT molecular complexity index is 1660. The van der Waals surface area contributed by atoms with Crippen LogP contribution in [-0.4, -0.2) is 131 Å². The third-order valence-corrected chi connectivity index (χ3v) is 12.1. The number of aliphatic hydroxyl groups is 1. The molecule has 3 unspecified atom stereocenters. The molecular formula is C41H65N7O9. The number of rotatable bonds is 11. The number of likely N-dealkylation sites (N-methyl/N-ethyl adjacent to an activating group) is 1. The number of carbonyl (C=O) groups is 3. The molecule has 318 valence electrons. The van der Waals surface area contributed by atoms with Crippen molar-refractivity contribution in [1.82, 2.24) is 30.5 Å². The summed E-state index contributed by atoms with van der Waals surface area (Å²) in [6, 6.07) is 6.49. The van der Waals surface area contributed by atoms with E-state index in [9.17, 15) is 19.5 Å². The predicted octanol–water partition coefficient (Wildman–Crippen LogP) is 3.55. The molecule has 3 fully saturated rings. The van der Waals surface area contributed by atoms with Crippen molar-refractivity contribution in [3.05, 3.63) is 30.5 Å². The van der Waals surface area contributed by atoms with Crippen LogP contribution in [0.1, 0.15) is 80.6 Å². The number of hydrogen-bond acceptors (Lipinski definition) is 14. The van der Waals surface area contributed by atoms with Gasteiger partial charge in [-0.25, -0.2) is 4.79 Å². The molecule has 16 nitrogen and oxygen atoms in total. The number of anilines is 1. The Morgan fingerprint density at radius 3 is 2.53 bits per heavy atom. The number of aliphatic hydroxyl groups excluding tert-OH is 1. The molecule has 0 aliphatic carbocycles. The van der Waals surface area contributed by atoms with E-state index in [1.807, 2.05) is 58.2 Å². The summed E-state index contributed by atoms with van der Waals surface area (Å²) in [5.41, 5.74) is 7.18. The van der Waals surface area contributed by atoms with Crippen LogP contribution < -0.4 is 16.4 Å². The summed E-state index contributed by atoms with van der Waals surface area (Å²) >= 11 is 0. The van der Waals surface area contributed by atoms with Crippen LogP contribution in [0.25, 0.3) is 11.3 Å². The second-order valence-corrected chi connectivity index (χ2v) is 16.5. The average Bonchev–Trinajstić information content (AvgIpc) is 3.80. The molecule has 0 saturated carbocycles. The molecule has 3 aliphatic rings. The summed E-state index contributed by atoms with van der Waals surface area (Å²) in [7, 11) is 3.36. The first kappa shape index (κ1) is 44.4. The largest absolute Gasteiger partial charge is 0.458 e. The van der Waals surface area contributed by atoms with E-state index < -0.39 is 72.0 Å². The Labute approximate surface area is 336 Å². The van der Waals surface area contributed by atoms with Crippen LogP contribution in [-0.2, 0) is 39.8 Å². The number of nitrogen functional groups attached to an aromatic ring is 1. The van der Waals surface area contributed by atoms with E-state index >= 15 is 0 Å². The summed E-state index contributed by atoms with van der Waals surface area (Å²) in [6.07, 6.45) is -0.493. The Morgan fingerprint density at radius 1 is 1.11 bits per heavy atom. The van der Waals surface area contributed by atoms with Crippen LogP contribution >= 0.6 is 0 Å². The number of esters is 1. The van der Waals surface area contributed by atoms with Crippen LogP contribution in [0.5, 0.6) is 0 Å². The fraction of sp³-hybridized carbons (Fsp3) is 0.732. The molecule has 0 spiro atoms. The summed E-state index contributed by atoms with van der Waals surface area (Å²) in [6.45, 7) is 14.6. The van der Waals surface area contributed by atoms with Gasteiger partial charge < -0.3 is 45.2 Å². The maximum Gasteiger partial charge on any atom is 0.410 e. The number of nitrogens with one attached hydrogen (secondary N) is 2. The van der Waals surface area contributed by atoms with E-state index in [4.69, 9.17) is 29.4 Å². The molecular weight excluding hydrogens is 734 g/mol. The number of carbonyl (C=O) groups excluding carboxylic acids is 3. The maximum absolute atomic E-state index is 14.2. The number of hydrogen-bond donors (Lipinski definition) is 4. The van der Waals surface area contributed by atoms with Gasteiger partial charge in [0, 0.05) is 49.5 Å². The van der Waals surface area contributed by atoms with Gasteiger partial charge in [-0.2, -0.15) is 0 Å². The van der Waals surface area contributed by atoms with Crippen molar-refractivity contribution in [2.24, 2.45) is 17.8 Å². The molecule has 3 saturated heterocycles. The molecule has 0 radical (unpaired) electrons. The summed E-state index contributed by atoms with van der Waals surface area (Å²) in [5, 5.41) is 26.6. The number of amides is 1. The molecule has 4 heterocycles. The zero-order valence-electron chi connectivity index (χ0n) is 35.1. The lowest BCUT2D eigenvalue weighted by atomic mass is 9.78. The van der Waals surface area contributed by atoms with Crippen LogP contribution in [0.15, 0.2) is 30.5 Å². The van der Waals surface area contributed by atoms with E-state index in [1.165, 1.54) is 6.92 Å². The van der Waals surface area contributed by atoms with Crippen LogP contribution in [0.4, 0.5) is 10.5 Å². The van der Waals surface area contributed by atoms with Gasteiger partial charge in [-0.15, -0.1) is 5.10 Å². The van der Waals surface area contributed by atoms with Crippen molar-refractivity contribution in [2.75, 3.05) is 33.0 Å². The number of aromatic nitrogens is 3. The number of cyclic esters (lactones) is 1. The standard InChI is InChI=1S/C41H65N7O9/c1-10-32-36-33(48(40(52)56-36)17-12-11-16-47-22-31(45-46-47)28-14-13-15-29(42)19-28)27(6)44-21-23(2)20-41(7,53-9)37(25(4)34(49)26(5)38(51)55-32)57-39-35(50)30(43-8)18-24(3)54-39/h13-15,19,22-27,30,32-33,35-37,39,43-44,50H,10-12,16-18,20-21,42H2,1-9H3/t23-,24?,25+,26-,27-,30?,32-,33-,35?,36-,37-,39+,41-/m1/s1. The zero-order chi connectivity index (χ0) is 41.6. The smallest absolute Gasteiger partial charge is 0.410 e. The second-order valence-electron chi connectivity index (χ2n) is 16.5. The van der Waals surface area contributed by atoms with Gasteiger partial charge in [0.1, 0.15) is 23.8 Å². The molecule has 5 rings (SSSR count). The third kappa shape index (κ3) is 10.3. The summed E-state index contributed by atoms with van der Waals surface area (Å²) in [5.74, 6) is -3.12. The maximum atomic E-state index is 14.2. The number of ether oxygens (including phenoxy) is 5. The lowest BCUT2D eigenvalue weighted by molar-refractivity contribution is -0.290. The lowest BCUT2D eigenvalue weighted by Gasteiger charge is -2.45. The highest BCUT2D eigenvalue weighted by atomic mass is 16.7. The van der Waals surface area contributed by atoms with Gasteiger partial charge in [0.05, 0.1) is 30.0 Å². The molecule has 0 bridgehead atoms. The molecule has 1 aromatic carbocycles. The van der Waals surface area contributed by atoms with Gasteiger partial charge in [-0.3, -0.25) is 19.2 Å². The van der Waals surface area contributed by atoms with Crippen molar-refractivity contribution < 1.29 is 43.2 Å². The monoisotopic (exact) mass is 799 g/mol. The minimum atomic E-state index is -1.16. The van der Waals surface area contributed by atoms with E-state index in [2.05, 4.69) is 27.9 Å². The number of nitrogens with two attached hydrogens (primary N) is 1. The highest BCUT2D eigenvalue weighted by molar-refractivity contribution is 6.00. The Balaban J connectivity index is 1.34. The van der Waals surface area contributed by atoms with Crippen molar-refractivity contribution in [3.63, 3.8) is 0 Å². The van der Waals surface area contributed by atoms with Crippen molar-refractivity contribution in [2.45, 2.75) is 148 Å². The van der Waals surface area contributed by atoms with Gasteiger partial charge in [-0.1, -0.05) is 38.1 Å². The van der Waals surface area contributed by atoms with Gasteiger partial charge in [-0.05, 0) is 91.4 Å². The normalized spacial score (nSPS) is 35.9. The van der Waals surface area contributed by atoms with E-state index in [0.29, 0.717) is 51.0 Å². The van der Waals surface area contributed by atoms with Gasteiger partial charge in [0.2, 0.25) is 0 Å². The molecule has 3 aliphatic heterocycles. The van der Waals surface area contributed by atoms with Gasteiger partial charge in [0.15, 0.2) is 18.2 Å². The van der Waals surface area contributed by atoms with Crippen molar-refractivity contribution >= 4 is 23.5 Å². The topological polar surface area (TPSA) is 202 Å². The van der Waals surface area contributed by atoms with Crippen molar-refractivity contribution in [1.29, 1.82) is 0 Å². The lowest BCUT2D eigenvalue weighted by Crippen LogP contribution is -2.59. The number of unbranched alkanes of at least 4 members (excludes halogenated alkanes) is 1. The van der Waals surface area contributed by atoms with Gasteiger partial charge in [0.25, 0.3) is 0 Å². The fourth-order valence-electron chi connectivity index (χ4n) is 8.71. The second kappa shape index (κ2) is 19.4. The van der Waals surface area contributed by atoms with E-state index in [-0.39, 0.29) is 24.1 Å². The van der Waals surface area contributed by atoms with Crippen LogP contribution in [0.3, 0.4) is 0 Å². The quantitative estimate of drug-likeness (QED) is 0.111. The molecule has 16 heteroatoms. The molecule has 57 heavy (non-hydrogen) atoms. The molecule has 13 atom stereocenters. The van der Waals surface area contributed by atoms with E-state index in [1.54, 1.807) is 30.7 Å². The summed E-state index contributed by atoms with van der Waals surface area (Å²) < 4.78 is 32.8. The molecule has 1 amide bonds. The molecule has 1 aromatic heterocycles. The Kier molecular flexibility index (Phi) is 15.1. The first-order valence-electron chi connectivity index (χ1n) is 20.5. The predicted molar refractivity (Wildman–Crippen MR) is 213 cm³/mol. The molecule has 5 N–H and O–H groups in total. The fourth-order valence-corrected chi connectivity index (χ4v) is 8.71. The van der Waals surface area contributed by atoms with E-state index in [0.717, 1.165) is 17.7 Å². The highest BCUT2D eigenvalue weighted by Gasteiger charge is 2.51. The number of fused-ring (bicyclic) bond motifs is 1. The Hall–Kier alpha value is -3.67. The molecule has 2 aromatic rings.